The van der Waals surface area contributed by atoms with Crippen molar-refractivity contribution in [2.75, 3.05) is 18.2 Å². The lowest BCUT2D eigenvalue weighted by atomic mass is 10.1. The first kappa shape index (κ1) is 18.5. The van der Waals surface area contributed by atoms with Crippen LogP contribution in [0.3, 0.4) is 0 Å². The molecule has 8 nitrogen and oxygen atoms in total. The summed E-state index contributed by atoms with van der Waals surface area (Å²) in [5.41, 5.74) is 2.87. The molecular weight excluding hydrogens is 386 g/mol. The molecule has 8 heteroatoms. The largest absolute Gasteiger partial charge is 0.454 e. The minimum atomic E-state index is -0.687. The third-order valence-corrected chi connectivity index (χ3v) is 5.72. The second-order valence-electron chi connectivity index (χ2n) is 7.58. The van der Waals surface area contributed by atoms with Crippen molar-refractivity contribution >= 4 is 23.5 Å². The molecule has 3 aliphatic heterocycles. The number of fused-ring (bicyclic) bond motifs is 2. The van der Waals surface area contributed by atoms with E-state index in [4.69, 9.17) is 9.47 Å². The monoisotopic (exact) mass is 407 g/mol. The zero-order valence-electron chi connectivity index (χ0n) is 16.3. The van der Waals surface area contributed by atoms with Crippen LogP contribution in [0.5, 0.6) is 11.5 Å². The van der Waals surface area contributed by atoms with Gasteiger partial charge in [0, 0.05) is 18.7 Å². The van der Waals surface area contributed by atoms with Crippen LogP contribution in [-0.4, -0.2) is 42.1 Å². The number of nitrogens with zero attached hydrogens (tertiary/aromatic N) is 2. The van der Waals surface area contributed by atoms with Crippen LogP contribution >= 0.6 is 0 Å². The lowest BCUT2D eigenvalue weighted by molar-refractivity contribution is -0.128. The minimum Gasteiger partial charge on any atom is -0.454 e. The Labute approximate surface area is 173 Å². The van der Waals surface area contributed by atoms with Gasteiger partial charge in [0.1, 0.15) is 6.04 Å². The summed E-state index contributed by atoms with van der Waals surface area (Å²) in [6, 6.07) is 12.1. The Balaban J connectivity index is 1.20. The molecule has 3 heterocycles. The highest BCUT2D eigenvalue weighted by molar-refractivity contribution is 6.04. The van der Waals surface area contributed by atoms with Crippen molar-refractivity contribution in [1.82, 2.24) is 10.2 Å². The number of benzene rings is 2. The number of rotatable bonds is 5. The molecule has 2 aromatic carbocycles. The summed E-state index contributed by atoms with van der Waals surface area (Å²) >= 11 is 0. The van der Waals surface area contributed by atoms with Crippen LogP contribution in [0.2, 0.25) is 0 Å². The summed E-state index contributed by atoms with van der Waals surface area (Å²) in [4.78, 5) is 40.7. The zero-order chi connectivity index (χ0) is 20.7. The van der Waals surface area contributed by atoms with E-state index < -0.39 is 12.1 Å². The molecule has 5 rings (SSSR count). The Kier molecular flexibility index (Phi) is 4.54. The molecule has 1 unspecified atom stereocenters. The average Bonchev–Trinajstić information content (AvgIpc) is 3.45. The van der Waals surface area contributed by atoms with Gasteiger partial charge in [-0.1, -0.05) is 24.3 Å². The number of carbonyl (C=O) groups excluding carboxylic acids is 3. The zero-order valence-corrected chi connectivity index (χ0v) is 16.3. The third kappa shape index (κ3) is 3.24. The predicted octanol–water partition coefficient (Wildman–Crippen LogP) is 2.21. The molecule has 0 radical (unpaired) electrons. The molecule has 4 amide bonds. The maximum absolute atomic E-state index is 12.7. The van der Waals surface area contributed by atoms with E-state index in [2.05, 4.69) is 5.32 Å². The van der Waals surface area contributed by atoms with Crippen molar-refractivity contribution in [3.8, 4) is 11.5 Å². The van der Waals surface area contributed by atoms with Gasteiger partial charge in [0.15, 0.2) is 11.5 Å². The average molecular weight is 407 g/mol. The maximum atomic E-state index is 12.7. The highest BCUT2D eigenvalue weighted by Gasteiger charge is 2.38. The first-order valence-corrected chi connectivity index (χ1v) is 9.99. The second-order valence-corrected chi connectivity index (χ2v) is 7.58. The highest BCUT2D eigenvalue weighted by atomic mass is 16.7. The van der Waals surface area contributed by atoms with Crippen molar-refractivity contribution in [2.24, 2.45) is 0 Å². The number of hydrogen-bond donors (Lipinski definition) is 1. The van der Waals surface area contributed by atoms with Gasteiger partial charge in [0.2, 0.25) is 12.7 Å². The number of hydrogen-bond acceptors (Lipinski definition) is 5. The van der Waals surface area contributed by atoms with E-state index in [0.29, 0.717) is 18.0 Å². The Hall–Kier alpha value is -3.55. The van der Waals surface area contributed by atoms with Gasteiger partial charge in [0.25, 0.3) is 5.91 Å². The number of anilines is 1. The first-order chi connectivity index (χ1) is 14.6. The van der Waals surface area contributed by atoms with Crippen LogP contribution in [0, 0.1) is 0 Å². The Morgan fingerprint density at radius 1 is 1.10 bits per heavy atom. The lowest BCUT2D eigenvalue weighted by Crippen LogP contribution is -2.34. The number of para-hydroxylation sites is 1. The molecular formula is C22H21N3O5. The Morgan fingerprint density at radius 3 is 2.83 bits per heavy atom. The van der Waals surface area contributed by atoms with Crippen LogP contribution in [0.4, 0.5) is 10.5 Å². The second kappa shape index (κ2) is 7.37. The summed E-state index contributed by atoms with van der Waals surface area (Å²) in [6.07, 6.45) is 1.31. The lowest BCUT2D eigenvalue weighted by Gasteiger charge is -2.18. The molecule has 1 fully saturated rings. The molecule has 3 aliphatic rings. The van der Waals surface area contributed by atoms with Crippen LogP contribution in [-0.2, 0) is 22.6 Å². The van der Waals surface area contributed by atoms with Crippen LogP contribution < -0.4 is 19.7 Å². The van der Waals surface area contributed by atoms with Crippen molar-refractivity contribution < 1.29 is 23.9 Å². The maximum Gasteiger partial charge on any atom is 0.325 e. The van der Waals surface area contributed by atoms with Crippen LogP contribution in [0.1, 0.15) is 24.0 Å². The van der Waals surface area contributed by atoms with Crippen molar-refractivity contribution in [3.63, 3.8) is 0 Å². The number of urea groups is 1. The molecule has 154 valence electrons. The van der Waals surface area contributed by atoms with E-state index in [0.717, 1.165) is 23.2 Å². The van der Waals surface area contributed by atoms with Gasteiger partial charge >= 0.3 is 6.03 Å². The Bertz CT molecular complexity index is 1040. The number of carbonyl (C=O) groups is 3. The van der Waals surface area contributed by atoms with E-state index >= 15 is 0 Å². The summed E-state index contributed by atoms with van der Waals surface area (Å²) in [5.74, 6) is 0.909. The van der Waals surface area contributed by atoms with Crippen LogP contribution in [0.15, 0.2) is 42.5 Å². The van der Waals surface area contributed by atoms with Gasteiger partial charge in [-0.25, -0.2) is 4.79 Å². The fourth-order valence-electron chi connectivity index (χ4n) is 4.14. The number of ether oxygens (including phenoxy) is 2. The third-order valence-electron chi connectivity index (χ3n) is 5.72. The number of nitrogens with one attached hydrogen (secondary N) is 1. The predicted molar refractivity (Wildman–Crippen MR) is 107 cm³/mol. The summed E-state index contributed by atoms with van der Waals surface area (Å²) in [5, 5.41) is 2.70. The number of amides is 4. The molecule has 1 N–H and O–H groups in total. The topological polar surface area (TPSA) is 88.2 Å². The van der Waals surface area contributed by atoms with Gasteiger partial charge in [-0.3, -0.25) is 14.5 Å². The molecule has 0 saturated carbocycles. The Morgan fingerprint density at radius 2 is 1.93 bits per heavy atom. The fourth-order valence-corrected chi connectivity index (χ4v) is 4.14. The molecule has 0 aliphatic carbocycles. The van der Waals surface area contributed by atoms with Gasteiger partial charge in [-0.2, -0.15) is 0 Å². The van der Waals surface area contributed by atoms with Crippen LogP contribution in [0.25, 0.3) is 0 Å². The standard InChI is InChI=1S/C22H21N3O5/c26-20(24-10-9-15-3-1-2-4-17(15)24)8-6-16-21(27)25(22(28)23-16)12-14-5-7-18-19(11-14)30-13-29-18/h1-5,7,11,16H,6,8-10,12-13H2,(H,23,28). The van der Waals surface area contributed by atoms with E-state index in [9.17, 15) is 14.4 Å². The van der Waals surface area contributed by atoms with Gasteiger partial charge < -0.3 is 19.7 Å². The smallest absolute Gasteiger partial charge is 0.325 e. The summed E-state index contributed by atoms with van der Waals surface area (Å²) in [7, 11) is 0. The van der Waals surface area contributed by atoms with E-state index in [1.54, 1.807) is 23.1 Å². The van der Waals surface area contributed by atoms with Gasteiger partial charge in [-0.05, 0) is 42.2 Å². The minimum absolute atomic E-state index is 0.0313. The van der Waals surface area contributed by atoms with Crippen molar-refractivity contribution in [2.45, 2.75) is 31.8 Å². The van der Waals surface area contributed by atoms with Gasteiger partial charge in [0.05, 0.1) is 6.54 Å². The van der Waals surface area contributed by atoms with Crippen molar-refractivity contribution in [1.29, 1.82) is 0 Å². The fraction of sp³-hybridized carbons (Fsp3) is 0.318. The van der Waals surface area contributed by atoms with Gasteiger partial charge in [-0.15, -0.1) is 0 Å². The van der Waals surface area contributed by atoms with E-state index in [1.807, 2.05) is 24.3 Å². The molecule has 0 bridgehead atoms. The normalized spacial score (nSPS) is 19.3. The summed E-state index contributed by atoms with van der Waals surface area (Å²) in [6.45, 7) is 0.962. The summed E-state index contributed by atoms with van der Waals surface area (Å²) < 4.78 is 10.6. The first-order valence-electron chi connectivity index (χ1n) is 9.99. The molecule has 30 heavy (non-hydrogen) atoms. The van der Waals surface area contributed by atoms with Crippen molar-refractivity contribution in [3.05, 3.63) is 53.6 Å². The SMILES string of the molecule is O=C1NC(CCC(=O)N2CCc3ccccc32)C(=O)N1Cc1ccc2c(c1)OCO2. The molecule has 0 aromatic heterocycles. The quantitative estimate of drug-likeness (QED) is 0.768. The molecule has 1 saturated heterocycles. The molecule has 2 aromatic rings. The van der Waals surface area contributed by atoms with E-state index in [-0.39, 0.29) is 38.0 Å². The molecule has 1 atom stereocenters. The highest BCUT2D eigenvalue weighted by Crippen LogP contribution is 2.33. The molecule has 0 spiro atoms. The number of imide groups is 1. The van der Waals surface area contributed by atoms with E-state index in [1.165, 1.54) is 4.90 Å².